The van der Waals surface area contributed by atoms with Crippen LogP contribution < -0.4 is 5.32 Å². The van der Waals surface area contributed by atoms with E-state index < -0.39 is 0 Å². The van der Waals surface area contributed by atoms with Crippen molar-refractivity contribution in [2.45, 2.75) is 52.7 Å². The van der Waals surface area contributed by atoms with Crippen LogP contribution in [0.2, 0.25) is 0 Å². The number of amides is 1. The Morgan fingerprint density at radius 2 is 1.92 bits per heavy atom. The van der Waals surface area contributed by atoms with E-state index in [0.29, 0.717) is 6.04 Å². The predicted molar refractivity (Wildman–Crippen MR) is 105 cm³/mol. The van der Waals surface area contributed by atoms with Crippen molar-refractivity contribution in [3.05, 3.63) is 0 Å². The number of nitrogens with zero attached hydrogens (tertiary/aromatic N) is 4. The van der Waals surface area contributed by atoms with Gasteiger partial charge in [0.1, 0.15) is 6.10 Å². The van der Waals surface area contributed by atoms with Crippen molar-refractivity contribution in [2.24, 2.45) is 4.99 Å². The highest BCUT2D eigenvalue weighted by Crippen LogP contribution is 2.16. The van der Waals surface area contributed by atoms with Gasteiger partial charge in [0.25, 0.3) is 5.91 Å². The Balaban J connectivity index is 1.84. The molecule has 7 nitrogen and oxygen atoms in total. The monoisotopic (exact) mass is 367 g/mol. The fourth-order valence-corrected chi connectivity index (χ4v) is 3.61. The van der Waals surface area contributed by atoms with Crippen molar-refractivity contribution >= 4 is 11.9 Å². The maximum atomic E-state index is 12.5. The van der Waals surface area contributed by atoms with Gasteiger partial charge in [-0.15, -0.1) is 0 Å². The number of hydrogen-bond acceptors (Lipinski definition) is 4. The summed E-state index contributed by atoms with van der Waals surface area (Å²) in [6.45, 7) is 16.3. The summed E-state index contributed by atoms with van der Waals surface area (Å²) in [7, 11) is 0. The Hall–Kier alpha value is -1.34. The van der Waals surface area contributed by atoms with Crippen molar-refractivity contribution in [3.63, 3.8) is 0 Å². The molecule has 2 aliphatic rings. The Bertz CT molecular complexity index is 455. The highest BCUT2D eigenvalue weighted by molar-refractivity contribution is 5.82. The second kappa shape index (κ2) is 10.7. The lowest BCUT2D eigenvalue weighted by Gasteiger charge is -2.37. The Kier molecular flexibility index (Phi) is 8.65. The number of likely N-dealkylation sites (N-methyl/N-ethyl adjacent to an activating group) is 1. The molecule has 2 rings (SSSR count). The minimum absolute atomic E-state index is 0.166. The second-order valence-corrected chi connectivity index (χ2v) is 7.27. The van der Waals surface area contributed by atoms with E-state index in [2.05, 4.69) is 42.8 Å². The van der Waals surface area contributed by atoms with E-state index in [-0.39, 0.29) is 12.0 Å². The molecule has 26 heavy (non-hydrogen) atoms. The van der Waals surface area contributed by atoms with Crippen molar-refractivity contribution in [1.82, 2.24) is 20.0 Å². The van der Waals surface area contributed by atoms with Gasteiger partial charge in [0.2, 0.25) is 0 Å². The van der Waals surface area contributed by atoms with Crippen LogP contribution in [0.4, 0.5) is 0 Å². The minimum atomic E-state index is -0.209. The Morgan fingerprint density at radius 3 is 2.46 bits per heavy atom. The third-order valence-corrected chi connectivity index (χ3v) is 5.22. The largest absolute Gasteiger partial charge is 0.368 e. The summed E-state index contributed by atoms with van der Waals surface area (Å²) < 4.78 is 5.54. The third kappa shape index (κ3) is 5.84. The molecule has 150 valence electrons. The number of nitrogens with one attached hydrogen (secondary N) is 1. The zero-order chi connectivity index (χ0) is 18.9. The molecule has 0 aromatic rings. The van der Waals surface area contributed by atoms with Gasteiger partial charge in [0.15, 0.2) is 5.96 Å². The highest BCUT2D eigenvalue weighted by atomic mass is 16.5. The van der Waals surface area contributed by atoms with E-state index in [1.165, 1.54) is 0 Å². The summed E-state index contributed by atoms with van der Waals surface area (Å²) in [5, 5.41) is 3.40. The lowest BCUT2D eigenvalue weighted by atomic mass is 10.2. The highest BCUT2D eigenvalue weighted by Gasteiger charge is 2.30. The molecule has 1 unspecified atom stereocenters. The van der Waals surface area contributed by atoms with Gasteiger partial charge < -0.3 is 19.9 Å². The van der Waals surface area contributed by atoms with Crippen molar-refractivity contribution in [2.75, 3.05) is 59.0 Å². The van der Waals surface area contributed by atoms with E-state index in [1.54, 1.807) is 0 Å². The molecule has 0 aliphatic carbocycles. The van der Waals surface area contributed by atoms with Crippen LogP contribution in [-0.2, 0) is 9.53 Å². The number of rotatable bonds is 7. The standard InChI is InChI=1S/C19H37N5O2/c1-5-20-19(21-9-10-22(6-2)16(3)4)24-13-11-23(12-14-24)18(25)17-8-7-15-26-17/h16-17H,5-15H2,1-4H3,(H,20,21). The topological polar surface area (TPSA) is 60.4 Å². The fourth-order valence-electron chi connectivity index (χ4n) is 3.61. The van der Waals surface area contributed by atoms with Gasteiger partial charge in [-0.2, -0.15) is 0 Å². The molecule has 0 bridgehead atoms. The maximum absolute atomic E-state index is 12.5. The van der Waals surface area contributed by atoms with Gasteiger partial charge >= 0.3 is 0 Å². The number of piperazine rings is 1. The van der Waals surface area contributed by atoms with Crippen LogP contribution in [0.1, 0.15) is 40.5 Å². The lowest BCUT2D eigenvalue weighted by molar-refractivity contribution is -0.142. The van der Waals surface area contributed by atoms with E-state index in [1.807, 2.05) is 4.90 Å². The van der Waals surface area contributed by atoms with Crippen LogP contribution in [0.15, 0.2) is 4.99 Å². The second-order valence-electron chi connectivity index (χ2n) is 7.27. The molecule has 7 heteroatoms. The molecule has 0 saturated carbocycles. The summed E-state index contributed by atoms with van der Waals surface area (Å²) in [6.07, 6.45) is 1.66. The van der Waals surface area contributed by atoms with Gasteiger partial charge in [-0.1, -0.05) is 6.92 Å². The normalized spacial score (nSPS) is 21.8. The van der Waals surface area contributed by atoms with Crippen LogP contribution in [0.25, 0.3) is 0 Å². The smallest absolute Gasteiger partial charge is 0.251 e. The Morgan fingerprint density at radius 1 is 1.23 bits per heavy atom. The van der Waals surface area contributed by atoms with Gasteiger partial charge in [-0.05, 0) is 40.2 Å². The quantitative estimate of drug-likeness (QED) is 0.537. The summed E-state index contributed by atoms with van der Waals surface area (Å²) in [5.41, 5.74) is 0. The zero-order valence-electron chi connectivity index (χ0n) is 17.0. The number of guanidine groups is 1. The first-order chi connectivity index (χ1) is 12.6. The number of carbonyl (C=O) groups is 1. The van der Waals surface area contributed by atoms with E-state index in [0.717, 1.165) is 77.8 Å². The first-order valence-electron chi connectivity index (χ1n) is 10.2. The Labute approximate surface area is 158 Å². The van der Waals surface area contributed by atoms with Crippen molar-refractivity contribution in [3.8, 4) is 0 Å². The SMILES string of the molecule is CCNC(=NCCN(CC)C(C)C)N1CCN(C(=O)C2CCCO2)CC1. The van der Waals surface area contributed by atoms with Crippen LogP contribution in [0.3, 0.4) is 0 Å². The number of carbonyl (C=O) groups excluding carboxylic acids is 1. The molecule has 2 saturated heterocycles. The van der Waals surface area contributed by atoms with Gasteiger partial charge in [0, 0.05) is 51.9 Å². The number of hydrogen-bond donors (Lipinski definition) is 1. The molecular weight excluding hydrogens is 330 g/mol. The molecule has 1 amide bonds. The summed E-state index contributed by atoms with van der Waals surface area (Å²) in [5.74, 6) is 1.14. The first kappa shape index (κ1) is 21.0. The van der Waals surface area contributed by atoms with E-state index in [4.69, 9.17) is 9.73 Å². The molecule has 0 radical (unpaired) electrons. The molecule has 1 N–H and O–H groups in total. The van der Waals surface area contributed by atoms with Crippen LogP contribution >= 0.6 is 0 Å². The number of aliphatic imine (C=N–C) groups is 1. The van der Waals surface area contributed by atoms with Crippen molar-refractivity contribution < 1.29 is 9.53 Å². The molecule has 1 atom stereocenters. The van der Waals surface area contributed by atoms with Gasteiger partial charge in [0.05, 0.1) is 6.54 Å². The van der Waals surface area contributed by atoms with Crippen LogP contribution in [0, 0.1) is 0 Å². The predicted octanol–water partition coefficient (Wildman–Crippen LogP) is 1.01. The third-order valence-electron chi connectivity index (χ3n) is 5.22. The molecular formula is C19H37N5O2. The first-order valence-corrected chi connectivity index (χ1v) is 10.2. The van der Waals surface area contributed by atoms with Crippen LogP contribution in [0.5, 0.6) is 0 Å². The molecule has 2 heterocycles. The maximum Gasteiger partial charge on any atom is 0.251 e. The molecule has 0 spiro atoms. The van der Waals surface area contributed by atoms with Gasteiger partial charge in [-0.25, -0.2) is 0 Å². The summed E-state index contributed by atoms with van der Waals surface area (Å²) in [6, 6.07) is 0.546. The molecule has 2 fully saturated rings. The summed E-state index contributed by atoms with van der Waals surface area (Å²) in [4.78, 5) is 23.9. The zero-order valence-corrected chi connectivity index (χ0v) is 17.0. The minimum Gasteiger partial charge on any atom is -0.368 e. The number of ether oxygens (including phenoxy) is 1. The van der Waals surface area contributed by atoms with E-state index >= 15 is 0 Å². The average molecular weight is 368 g/mol. The molecule has 0 aromatic heterocycles. The lowest BCUT2D eigenvalue weighted by Crippen LogP contribution is -2.55. The van der Waals surface area contributed by atoms with Crippen molar-refractivity contribution in [1.29, 1.82) is 0 Å². The fraction of sp³-hybridized carbons (Fsp3) is 0.895. The molecule has 2 aliphatic heterocycles. The van der Waals surface area contributed by atoms with Crippen LogP contribution in [-0.4, -0.2) is 97.7 Å². The van der Waals surface area contributed by atoms with Gasteiger partial charge in [-0.3, -0.25) is 14.7 Å². The summed E-state index contributed by atoms with van der Waals surface area (Å²) >= 11 is 0. The molecule has 0 aromatic carbocycles. The van der Waals surface area contributed by atoms with E-state index in [9.17, 15) is 4.79 Å². The average Bonchev–Trinajstić information content (AvgIpc) is 3.18.